The summed E-state index contributed by atoms with van der Waals surface area (Å²) in [6.45, 7) is 0. The van der Waals surface area contributed by atoms with Crippen LogP contribution in [0.5, 0.6) is 0 Å². The van der Waals surface area contributed by atoms with E-state index >= 15 is 0 Å². The third-order valence-electron chi connectivity index (χ3n) is 3.43. The summed E-state index contributed by atoms with van der Waals surface area (Å²) in [7, 11) is 1.32. The number of hydrogen-bond acceptors (Lipinski definition) is 3. The van der Waals surface area contributed by atoms with E-state index in [9.17, 15) is 9.59 Å². The van der Waals surface area contributed by atoms with Crippen molar-refractivity contribution in [3.05, 3.63) is 47.5 Å². The molecule has 0 aliphatic heterocycles. The Morgan fingerprint density at radius 3 is 2.55 bits per heavy atom. The molecule has 1 amide bonds. The molecule has 0 heterocycles. The number of carbonyl (C=O) groups is 2. The van der Waals surface area contributed by atoms with E-state index in [-0.39, 0.29) is 5.91 Å². The zero-order valence-electron chi connectivity index (χ0n) is 11.6. The summed E-state index contributed by atoms with van der Waals surface area (Å²) in [5.41, 5.74) is 1.49. The molecule has 0 fully saturated rings. The number of benzene rings is 1. The van der Waals surface area contributed by atoms with Crippen molar-refractivity contribution in [3.8, 4) is 0 Å². The van der Waals surface area contributed by atoms with E-state index in [1.807, 2.05) is 24.3 Å². The van der Waals surface area contributed by atoms with Crippen LogP contribution in [-0.4, -0.2) is 19.0 Å². The van der Waals surface area contributed by atoms with Crippen LogP contribution in [-0.2, 0) is 14.3 Å². The number of esters is 1. The van der Waals surface area contributed by atoms with Crippen LogP contribution in [0.2, 0.25) is 0 Å². The summed E-state index contributed by atoms with van der Waals surface area (Å²) < 4.78 is 4.78. The number of allylic oxidation sites excluding steroid dienone is 1. The third-order valence-corrected chi connectivity index (χ3v) is 3.43. The molecule has 0 saturated carbocycles. The minimum atomic E-state index is -0.753. The average Bonchev–Trinajstić information content (AvgIpc) is 2.53. The van der Waals surface area contributed by atoms with Gasteiger partial charge in [0.1, 0.15) is 0 Å². The van der Waals surface area contributed by atoms with E-state index in [0.717, 1.165) is 36.8 Å². The van der Waals surface area contributed by atoms with E-state index < -0.39 is 12.0 Å². The number of rotatable bonds is 4. The van der Waals surface area contributed by atoms with E-state index in [1.165, 1.54) is 7.11 Å². The van der Waals surface area contributed by atoms with Crippen molar-refractivity contribution in [1.29, 1.82) is 0 Å². The Labute approximate surface area is 118 Å². The van der Waals surface area contributed by atoms with Crippen molar-refractivity contribution in [2.45, 2.75) is 31.7 Å². The maximum Gasteiger partial charge on any atom is 0.333 e. The van der Waals surface area contributed by atoms with Crippen LogP contribution in [0.15, 0.2) is 42.0 Å². The lowest BCUT2D eigenvalue weighted by Crippen LogP contribution is -2.35. The van der Waals surface area contributed by atoms with E-state index in [4.69, 9.17) is 4.74 Å². The summed E-state index contributed by atoms with van der Waals surface area (Å²) >= 11 is 0. The van der Waals surface area contributed by atoms with Gasteiger partial charge in [-0.2, -0.15) is 0 Å². The minimum Gasteiger partial charge on any atom is -0.467 e. The Bertz CT molecular complexity index is 508. The molecule has 1 aromatic carbocycles. The molecule has 0 bridgehead atoms. The van der Waals surface area contributed by atoms with Gasteiger partial charge in [0.15, 0.2) is 6.04 Å². The standard InChI is InChI=1S/C16H19NO3/c1-20-16(19)14(12-8-4-2-5-9-12)17-15(18)13-10-6-3-7-11-13/h2,4-5,8-10,14H,3,6-7,11H2,1H3,(H,17,18)/t14-/m1/s1. The second kappa shape index (κ2) is 6.89. The molecule has 2 rings (SSSR count). The molecular formula is C16H19NO3. The van der Waals surface area contributed by atoms with Crippen molar-refractivity contribution < 1.29 is 14.3 Å². The average molecular weight is 273 g/mol. The van der Waals surface area contributed by atoms with Crippen LogP contribution in [0.1, 0.15) is 37.3 Å². The summed E-state index contributed by atoms with van der Waals surface area (Å²) in [5, 5.41) is 2.77. The molecule has 1 N–H and O–H groups in total. The predicted octanol–water partition coefficient (Wildman–Crippen LogP) is 2.52. The molecule has 20 heavy (non-hydrogen) atoms. The molecule has 0 unspecified atom stereocenters. The van der Waals surface area contributed by atoms with E-state index in [1.54, 1.807) is 12.1 Å². The van der Waals surface area contributed by atoms with Crippen molar-refractivity contribution in [2.75, 3.05) is 7.11 Å². The lowest BCUT2D eigenvalue weighted by atomic mass is 9.98. The molecule has 1 aliphatic carbocycles. The first-order valence-electron chi connectivity index (χ1n) is 6.85. The summed E-state index contributed by atoms with van der Waals surface area (Å²) in [6.07, 6.45) is 5.80. The lowest BCUT2D eigenvalue weighted by Gasteiger charge is -2.19. The van der Waals surface area contributed by atoms with Gasteiger partial charge in [0.25, 0.3) is 0 Å². The van der Waals surface area contributed by atoms with Crippen LogP contribution in [0.25, 0.3) is 0 Å². The van der Waals surface area contributed by atoms with Crippen molar-refractivity contribution in [1.82, 2.24) is 5.32 Å². The Morgan fingerprint density at radius 2 is 1.95 bits per heavy atom. The summed E-state index contributed by atoms with van der Waals surface area (Å²) in [4.78, 5) is 24.1. The lowest BCUT2D eigenvalue weighted by molar-refractivity contribution is -0.144. The first-order chi connectivity index (χ1) is 9.72. The minimum absolute atomic E-state index is 0.177. The number of amides is 1. The van der Waals surface area contributed by atoms with Crippen LogP contribution in [0, 0.1) is 0 Å². The molecule has 0 radical (unpaired) electrons. The number of nitrogens with one attached hydrogen (secondary N) is 1. The number of methoxy groups -OCH3 is 1. The van der Waals surface area contributed by atoms with Gasteiger partial charge in [0, 0.05) is 5.57 Å². The van der Waals surface area contributed by atoms with Crippen molar-refractivity contribution >= 4 is 11.9 Å². The summed E-state index contributed by atoms with van der Waals surface area (Å²) in [5.74, 6) is -0.634. The van der Waals surface area contributed by atoms with Gasteiger partial charge in [-0.15, -0.1) is 0 Å². The topological polar surface area (TPSA) is 55.4 Å². The van der Waals surface area contributed by atoms with Gasteiger partial charge in [-0.3, -0.25) is 4.79 Å². The molecule has 0 saturated heterocycles. The number of carbonyl (C=O) groups excluding carboxylic acids is 2. The Morgan fingerprint density at radius 1 is 1.20 bits per heavy atom. The highest BCUT2D eigenvalue weighted by Gasteiger charge is 2.24. The highest BCUT2D eigenvalue weighted by atomic mass is 16.5. The number of ether oxygens (including phenoxy) is 1. The molecule has 4 nitrogen and oxygen atoms in total. The normalized spacial score (nSPS) is 15.9. The van der Waals surface area contributed by atoms with Crippen LogP contribution in [0.3, 0.4) is 0 Å². The molecule has 1 atom stereocenters. The second-order valence-corrected chi connectivity index (χ2v) is 4.82. The fourth-order valence-electron chi connectivity index (χ4n) is 2.31. The van der Waals surface area contributed by atoms with Gasteiger partial charge in [-0.25, -0.2) is 4.79 Å². The summed E-state index contributed by atoms with van der Waals surface area (Å²) in [6, 6.07) is 8.38. The zero-order chi connectivity index (χ0) is 14.4. The molecule has 1 aromatic rings. The Hall–Kier alpha value is -2.10. The smallest absolute Gasteiger partial charge is 0.333 e. The largest absolute Gasteiger partial charge is 0.467 e. The van der Waals surface area contributed by atoms with Crippen LogP contribution < -0.4 is 5.32 Å². The van der Waals surface area contributed by atoms with Crippen molar-refractivity contribution in [3.63, 3.8) is 0 Å². The van der Waals surface area contributed by atoms with E-state index in [0.29, 0.717) is 0 Å². The van der Waals surface area contributed by atoms with Gasteiger partial charge >= 0.3 is 5.97 Å². The first-order valence-corrected chi connectivity index (χ1v) is 6.85. The van der Waals surface area contributed by atoms with Gasteiger partial charge in [-0.05, 0) is 31.2 Å². The Kier molecular flexibility index (Phi) is 4.93. The Balaban J connectivity index is 2.14. The zero-order valence-corrected chi connectivity index (χ0v) is 11.6. The molecule has 106 valence electrons. The molecule has 1 aliphatic rings. The second-order valence-electron chi connectivity index (χ2n) is 4.82. The quantitative estimate of drug-likeness (QED) is 0.858. The molecule has 0 aromatic heterocycles. The maximum atomic E-state index is 12.2. The fourth-order valence-corrected chi connectivity index (χ4v) is 2.31. The highest BCUT2D eigenvalue weighted by molar-refractivity contribution is 5.96. The van der Waals surface area contributed by atoms with E-state index in [2.05, 4.69) is 5.32 Å². The van der Waals surface area contributed by atoms with Gasteiger partial charge in [0.05, 0.1) is 7.11 Å². The van der Waals surface area contributed by atoms with Gasteiger partial charge in [0.2, 0.25) is 5.91 Å². The van der Waals surface area contributed by atoms with Gasteiger partial charge < -0.3 is 10.1 Å². The maximum absolute atomic E-state index is 12.2. The predicted molar refractivity (Wildman–Crippen MR) is 75.9 cm³/mol. The monoisotopic (exact) mass is 273 g/mol. The van der Waals surface area contributed by atoms with Crippen LogP contribution in [0.4, 0.5) is 0 Å². The first kappa shape index (κ1) is 14.3. The SMILES string of the molecule is COC(=O)[C@H](NC(=O)C1=CCCCC1)c1ccccc1. The fraction of sp³-hybridized carbons (Fsp3) is 0.375. The van der Waals surface area contributed by atoms with Crippen LogP contribution >= 0.6 is 0 Å². The molecule has 4 heteroatoms. The van der Waals surface area contributed by atoms with Crippen molar-refractivity contribution in [2.24, 2.45) is 0 Å². The molecule has 0 spiro atoms. The molecular weight excluding hydrogens is 254 g/mol. The third kappa shape index (κ3) is 3.47. The number of hydrogen-bond donors (Lipinski definition) is 1. The highest BCUT2D eigenvalue weighted by Crippen LogP contribution is 2.20. The van der Waals surface area contributed by atoms with Gasteiger partial charge in [-0.1, -0.05) is 36.4 Å².